The highest BCUT2D eigenvalue weighted by Crippen LogP contribution is 2.34. The molecular formula is C21H21NO. The highest BCUT2D eigenvalue weighted by Gasteiger charge is 2.25. The maximum absolute atomic E-state index is 12.7. The van der Waals surface area contributed by atoms with Crippen LogP contribution in [0.3, 0.4) is 0 Å². The summed E-state index contributed by atoms with van der Waals surface area (Å²) in [6, 6.07) is 16.9. The minimum absolute atomic E-state index is 0.323. The van der Waals surface area contributed by atoms with Crippen LogP contribution in [-0.2, 0) is 13.0 Å². The molecule has 2 nitrogen and oxygen atoms in total. The Hall–Kier alpha value is -2.35. The van der Waals surface area contributed by atoms with Gasteiger partial charge < -0.3 is 4.57 Å². The van der Waals surface area contributed by atoms with Gasteiger partial charge in [0.15, 0.2) is 5.78 Å². The van der Waals surface area contributed by atoms with Crippen LogP contribution in [0.2, 0.25) is 0 Å². The zero-order valence-corrected chi connectivity index (χ0v) is 13.5. The van der Waals surface area contributed by atoms with Gasteiger partial charge in [0, 0.05) is 35.1 Å². The monoisotopic (exact) mass is 303 g/mol. The molecule has 0 spiro atoms. The van der Waals surface area contributed by atoms with E-state index in [-0.39, 0.29) is 0 Å². The number of benzene rings is 2. The lowest BCUT2D eigenvalue weighted by Crippen LogP contribution is -2.06. The molecule has 1 aromatic heterocycles. The summed E-state index contributed by atoms with van der Waals surface area (Å²) in [5, 5.41) is 1.17. The molecular weight excluding hydrogens is 282 g/mol. The maximum Gasteiger partial charge on any atom is 0.165 e. The predicted molar refractivity (Wildman–Crippen MR) is 94.1 cm³/mol. The second-order valence-electron chi connectivity index (χ2n) is 6.49. The molecule has 116 valence electrons. The molecule has 0 atom stereocenters. The molecule has 2 heteroatoms. The lowest BCUT2D eigenvalue weighted by Gasteiger charge is -2.11. The minimum atomic E-state index is 0.323. The van der Waals surface area contributed by atoms with Crippen LogP contribution in [0.4, 0.5) is 0 Å². The van der Waals surface area contributed by atoms with Gasteiger partial charge >= 0.3 is 0 Å². The van der Waals surface area contributed by atoms with Gasteiger partial charge in [0.1, 0.15) is 0 Å². The number of hydrogen-bond donors (Lipinski definition) is 0. The van der Waals surface area contributed by atoms with E-state index in [0.29, 0.717) is 12.2 Å². The third kappa shape index (κ3) is 2.39. The van der Waals surface area contributed by atoms with Crippen molar-refractivity contribution in [3.05, 3.63) is 70.9 Å². The first-order chi connectivity index (χ1) is 11.3. The van der Waals surface area contributed by atoms with Gasteiger partial charge in [-0.2, -0.15) is 0 Å². The van der Waals surface area contributed by atoms with E-state index in [1.165, 1.54) is 27.7 Å². The van der Waals surface area contributed by atoms with Crippen LogP contribution in [0, 0.1) is 6.92 Å². The number of carbonyl (C=O) groups excluding carboxylic acids is 1. The summed E-state index contributed by atoms with van der Waals surface area (Å²) in [5.74, 6) is 0.323. The Bertz CT molecular complexity index is 874. The van der Waals surface area contributed by atoms with Gasteiger partial charge in [-0.3, -0.25) is 4.79 Å². The Kier molecular flexibility index (Phi) is 3.53. The second kappa shape index (κ2) is 5.69. The molecule has 0 radical (unpaired) electrons. The second-order valence-corrected chi connectivity index (χ2v) is 6.49. The van der Waals surface area contributed by atoms with Crippen LogP contribution in [-0.4, -0.2) is 10.4 Å². The molecule has 1 aliphatic carbocycles. The quantitative estimate of drug-likeness (QED) is 0.617. The number of carbonyl (C=O) groups is 1. The highest BCUT2D eigenvalue weighted by atomic mass is 16.1. The van der Waals surface area contributed by atoms with Crippen LogP contribution in [0.15, 0.2) is 48.5 Å². The summed E-state index contributed by atoms with van der Waals surface area (Å²) in [7, 11) is 0. The molecule has 4 rings (SSSR count). The summed E-state index contributed by atoms with van der Waals surface area (Å²) in [4.78, 5) is 12.7. The van der Waals surface area contributed by atoms with E-state index in [1.807, 2.05) is 6.07 Å². The third-order valence-electron chi connectivity index (χ3n) is 4.94. The van der Waals surface area contributed by atoms with Crippen molar-refractivity contribution in [1.82, 2.24) is 4.57 Å². The molecule has 0 bridgehead atoms. The third-order valence-corrected chi connectivity index (χ3v) is 4.94. The van der Waals surface area contributed by atoms with Crippen LogP contribution in [0.25, 0.3) is 10.9 Å². The molecule has 23 heavy (non-hydrogen) atoms. The summed E-state index contributed by atoms with van der Waals surface area (Å²) >= 11 is 0. The standard InChI is InChI=1S/C21H21NO/c1-15-8-7-12-17-20(15)21-18(11-5-6-13-19(21)23)22(17)14-16-9-3-2-4-10-16/h2-4,7-10,12H,5-6,11,13-14H2,1H3. The zero-order chi connectivity index (χ0) is 15.8. The van der Waals surface area contributed by atoms with E-state index < -0.39 is 0 Å². The molecule has 0 unspecified atom stereocenters. The normalized spacial score (nSPS) is 14.7. The number of hydrogen-bond acceptors (Lipinski definition) is 1. The van der Waals surface area contributed by atoms with Crippen molar-refractivity contribution in [2.75, 3.05) is 0 Å². The Labute approximate surface area is 136 Å². The smallest absolute Gasteiger partial charge is 0.165 e. The van der Waals surface area contributed by atoms with Crippen molar-refractivity contribution in [2.24, 2.45) is 0 Å². The van der Waals surface area contributed by atoms with Gasteiger partial charge in [-0.15, -0.1) is 0 Å². The Balaban J connectivity index is 1.98. The van der Waals surface area contributed by atoms with Crippen molar-refractivity contribution in [1.29, 1.82) is 0 Å². The lowest BCUT2D eigenvalue weighted by atomic mass is 10.0. The molecule has 2 aromatic carbocycles. The average molecular weight is 303 g/mol. The first-order valence-corrected chi connectivity index (χ1v) is 8.43. The van der Waals surface area contributed by atoms with Gasteiger partial charge in [-0.25, -0.2) is 0 Å². The number of fused-ring (bicyclic) bond motifs is 3. The molecule has 0 amide bonds. The molecule has 0 saturated heterocycles. The molecule has 1 heterocycles. The molecule has 0 N–H and O–H groups in total. The van der Waals surface area contributed by atoms with Crippen molar-refractivity contribution in [3.63, 3.8) is 0 Å². The maximum atomic E-state index is 12.7. The molecule has 0 aliphatic heterocycles. The fourth-order valence-electron chi connectivity index (χ4n) is 3.84. The minimum Gasteiger partial charge on any atom is -0.339 e. The van der Waals surface area contributed by atoms with E-state index in [4.69, 9.17) is 0 Å². The lowest BCUT2D eigenvalue weighted by molar-refractivity contribution is 0.0983. The largest absolute Gasteiger partial charge is 0.339 e. The van der Waals surface area contributed by atoms with Gasteiger partial charge in [0.2, 0.25) is 0 Å². The number of aryl methyl sites for hydroxylation is 1. The summed E-state index contributed by atoms with van der Waals surface area (Å²) in [6.07, 6.45) is 3.79. The first kappa shape index (κ1) is 14.3. The van der Waals surface area contributed by atoms with Crippen LogP contribution >= 0.6 is 0 Å². The summed E-state index contributed by atoms with van der Waals surface area (Å²) in [6.45, 7) is 2.96. The van der Waals surface area contributed by atoms with E-state index in [0.717, 1.165) is 31.4 Å². The molecule has 0 fully saturated rings. The fraction of sp³-hybridized carbons (Fsp3) is 0.286. The first-order valence-electron chi connectivity index (χ1n) is 8.43. The van der Waals surface area contributed by atoms with Crippen LogP contribution in [0.1, 0.15) is 46.4 Å². The Morgan fingerprint density at radius 2 is 1.74 bits per heavy atom. The average Bonchev–Trinajstić information content (AvgIpc) is 2.75. The Morgan fingerprint density at radius 3 is 2.57 bits per heavy atom. The topological polar surface area (TPSA) is 22.0 Å². The SMILES string of the molecule is Cc1cccc2c1c1c(n2Cc2ccccc2)CCCCC1=O. The van der Waals surface area contributed by atoms with E-state index in [9.17, 15) is 4.79 Å². The summed E-state index contributed by atoms with van der Waals surface area (Å²) in [5.41, 5.74) is 5.92. The van der Waals surface area contributed by atoms with Gasteiger partial charge in [-0.1, -0.05) is 42.5 Å². The van der Waals surface area contributed by atoms with Crippen LogP contribution < -0.4 is 0 Å². The van der Waals surface area contributed by atoms with Crippen molar-refractivity contribution >= 4 is 16.7 Å². The van der Waals surface area contributed by atoms with E-state index >= 15 is 0 Å². The van der Waals surface area contributed by atoms with Gasteiger partial charge in [-0.05, 0) is 43.4 Å². The number of aromatic nitrogens is 1. The summed E-state index contributed by atoms with van der Waals surface area (Å²) < 4.78 is 2.37. The fourth-order valence-corrected chi connectivity index (χ4v) is 3.84. The molecule has 0 saturated carbocycles. The number of ketones is 1. The number of Topliss-reactive ketones (excluding diaryl/α,β-unsaturated/α-hetero) is 1. The zero-order valence-electron chi connectivity index (χ0n) is 13.5. The Morgan fingerprint density at radius 1 is 0.957 bits per heavy atom. The number of nitrogens with zero attached hydrogens (tertiary/aromatic N) is 1. The van der Waals surface area contributed by atoms with E-state index in [1.54, 1.807) is 0 Å². The van der Waals surface area contributed by atoms with Gasteiger partial charge in [0.05, 0.1) is 0 Å². The predicted octanol–water partition coefficient (Wildman–Crippen LogP) is 4.91. The number of rotatable bonds is 2. The van der Waals surface area contributed by atoms with Crippen molar-refractivity contribution in [3.8, 4) is 0 Å². The van der Waals surface area contributed by atoms with Crippen molar-refractivity contribution in [2.45, 2.75) is 39.2 Å². The van der Waals surface area contributed by atoms with E-state index in [2.05, 4.69) is 54.0 Å². The molecule has 3 aromatic rings. The molecule has 1 aliphatic rings. The van der Waals surface area contributed by atoms with Crippen molar-refractivity contribution < 1.29 is 4.79 Å². The van der Waals surface area contributed by atoms with Crippen LogP contribution in [0.5, 0.6) is 0 Å². The van der Waals surface area contributed by atoms with Gasteiger partial charge in [0.25, 0.3) is 0 Å². The highest BCUT2D eigenvalue weighted by molar-refractivity contribution is 6.10.